The summed E-state index contributed by atoms with van der Waals surface area (Å²) in [7, 11) is 0. The van der Waals surface area contributed by atoms with Gasteiger partial charge in [0.25, 0.3) is 0 Å². The summed E-state index contributed by atoms with van der Waals surface area (Å²) in [6.07, 6.45) is 0.937. The van der Waals surface area contributed by atoms with Crippen molar-refractivity contribution in [2.75, 3.05) is 6.54 Å². The van der Waals surface area contributed by atoms with Gasteiger partial charge in [0, 0.05) is 36.2 Å². The molecule has 29 heavy (non-hydrogen) atoms. The van der Waals surface area contributed by atoms with Gasteiger partial charge in [0.2, 0.25) is 5.91 Å². The van der Waals surface area contributed by atoms with Gasteiger partial charge in [0.05, 0.1) is 18.3 Å². The van der Waals surface area contributed by atoms with Crippen molar-refractivity contribution in [3.63, 3.8) is 0 Å². The molecule has 0 spiro atoms. The Morgan fingerprint density at radius 3 is 2.72 bits per heavy atom. The average molecular weight is 396 g/mol. The lowest BCUT2D eigenvalue weighted by Gasteiger charge is -2.27. The van der Waals surface area contributed by atoms with E-state index in [0.717, 1.165) is 28.3 Å². The minimum Gasteiger partial charge on any atom is -0.360 e. The molecule has 2 aromatic heterocycles. The Kier molecular flexibility index (Phi) is 4.98. The van der Waals surface area contributed by atoms with E-state index < -0.39 is 0 Å². The predicted octanol–water partition coefficient (Wildman–Crippen LogP) is 4.14. The number of carbonyl (C=O) groups is 1. The van der Waals surface area contributed by atoms with E-state index in [4.69, 9.17) is 4.52 Å². The van der Waals surface area contributed by atoms with Crippen LogP contribution < -0.4 is 0 Å². The van der Waals surface area contributed by atoms with Gasteiger partial charge in [-0.05, 0) is 45.4 Å². The summed E-state index contributed by atoms with van der Waals surface area (Å²) < 4.78 is 21.6. The first-order valence-electron chi connectivity index (χ1n) is 9.89. The molecule has 1 atom stereocenters. The van der Waals surface area contributed by atoms with Crippen molar-refractivity contribution in [2.24, 2.45) is 0 Å². The van der Waals surface area contributed by atoms with Gasteiger partial charge >= 0.3 is 0 Å². The monoisotopic (exact) mass is 396 g/mol. The van der Waals surface area contributed by atoms with Gasteiger partial charge in [-0.1, -0.05) is 17.3 Å². The smallest absolute Gasteiger partial charge is 0.225 e. The molecular weight excluding hydrogens is 371 g/mol. The Morgan fingerprint density at radius 2 is 2.03 bits per heavy atom. The Bertz CT molecular complexity index is 1070. The number of hydrogen-bond acceptors (Lipinski definition) is 4. The fourth-order valence-electron chi connectivity index (χ4n) is 3.93. The van der Waals surface area contributed by atoms with Gasteiger partial charge in [0.1, 0.15) is 17.3 Å². The highest BCUT2D eigenvalue weighted by Crippen LogP contribution is 2.32. The second kappa shape index (κ2) is 7.46. The van der Waals surface area contributed by atoms with Crippen molar-refractivity contribution >= 4 is 5.91 Å². The van der Waals surface area contributed by atoms with Crippen molar-refractivity contribution in [3.8, 4) is 11.3 Å². The summed E-state index contributed by atoms with van der Waals surface area (Å²) in [5.74, 6) is 0.434. The first-order valence-corrected chi connectivity index (χ1v) is 9.89. The third-order valence-electron chi connectivity index (χ3n) is 5.88. The molecule has 0 bridgehead atoms. The topological polar surface area (TPSA) is 64.2 Å². The van der Waals surface area contributed by atoms with Crippen LogP contribution in [0, 0.1) is 26.6 Å². The van der Waals surface area contributed by atoms with E-state index in [0.29, 0.717) is 37.2 Å². The molecule has 0 aliphatic carbocycles. The van der Waals surface area contributed by atoms with E-state index >= 15 is 0 Å². The lowest BCUT2D eigenvalue weighted by atomic mass is 10.0. The summed E-state index contributed by atoms with van der Waals surface area (Å²) in [6.45, 7) is 9.02. The van der Waals surface area contributed by atoms with Crippen LogP contribution in [-0.4, -0.2) is 32.3 Å². The molecule has 7 heteroatoms. The molecular formula is C22H25FN4O2. The van der Waals surface area contributed by atoms with Crippen molar-refractivity contribution in [1.82, 2.24) is 19.8 Å². The van der Waals surface area contributed by atoms with Crippen LogP contribution in [0.4, 0.5) is 4.39 Å². The van der Waals surface area contributed by atoms with E-state index in [2.05, 4.69) is 10.3 Å². The molecule has 6 nitrogen and oxygen atoms in total. The SMILES string of the molecule is Cc1nn([C@@H](C)CC(=O)N2CCc3onc(-c4ccccc4F)c3C2)c(C)c1C. The van der Waals surface area contributed by atoms with Crippen molar-refractivity contribution in [2.45, 2.75) is 53.1 Å². The van der Waals surface area contributed by atoms with Crippen LogP contribution in [0.1, 0.15) is 47.7 Å². The molecule has 0 unspecified atom stereocenters. The number of fused-ring (bicyclic) bond motifs is 1. The third-order valence-corrected chi connectivity index (χ3v) is 5.88. The number of rotatable bonds is 4. The first kappa shape index (κ1) is 19.4. The van der Waals surface area contributed by atoms with Crippen LogP contribution in [-0.2, 0) is 17.8 Å². The first-order chi connectivity index (χ1) is 13.9. The Balaban J connectivity index is 1.52. The van der Waals surface area contributed by atoms with E-state index in [9.17, 15) is 9.18 Å². The van der Waals surface area contributed by atoms with Crippen LogP contribution in [0.2, 0.25) is 0 Å². The molecule has 0 fully saturated rings. The van der Waals surface area contributed by atoms with Gasteiger partial charge in [-0.25, -0.2) is 4.39 Å². The van der Waals surface area contributed by atoms with Gasteiger partial charge < -0.3 is 9.42 Å². The standard InChI is InChI=1S/C22H25FN4O2/c1-13(27-16(4)14(2)15(3)24-27)11-21(28)26-10-9-20-18(12-26)22(25-29-20)17-7-5-6-8-19(17)23/h5-8,13H,9-12H2,1-4H3/t13-/m0/s1. The molecule has 1 amide bonds. The number of amides is 1. The number of benzene rings is 1. The Labute approximate surface area is 169 Å². The van der Waals surface area contributed by atoms with E-state index in [-0.39, 0.29) is 17.8 Å². The fourth-order valence-corrected chi connectivity index (χ4v) is 3.93. The number of aromatic nitrogens is 3. The molecule has 0 saturated heterocycles. The molecule has 152 valence electrons. The second-order valence-electron chi connectivity index (χ2n) is 7.77. The Hall–Kier alpha value is -2.96. The summed E-state index contributed by atoms with van der Waals surface area (Å²) in [4.78, 5) is 14.8. The fraction of sp³-hybridized carbons (Fsp3) is 0.409. The minimum atomic E-state index is -0.347. The van der Waals surface area contributed by atoms with E-state index in [1.54, 1.807) is 23.1 Å². The Morgan fingerprint density at radius 1 is 1.28 bits per heavy atom. The van der Waals surface area contributed by atoms with Crippen molar-refractivity contribution < 1.29 is 13.7 Å². The van der Waals surface area contributed by atoms with Gasteiger partial charge in [-0.2, -0.15) is 5.10 Å². The lowest BCUT2D eigenvalue weighted by Crippen LogP contribution is -2.36. The summed E-state index contributed by atoms with van der Waals surface area (Å²) in [5.41, 5.74) is 4.92. The van der Waals surface area contributed by atoms with Crippen molar-refractivity contribution in [1.29, 1.82) is 0 Å². The number of halogens is 1. The average Bonchev–Trinajstić information content (AvgIpc) is 3.24. The molecule has 3 aromatic rings. The predicted molar refractivity (Wildman–Crippen MR) is 107 cm³/mol. The summed E-state index contributed by atoms with van der Waals surface area (Å²) in [5, 5.41) is 8.67. The maximum Gasteiger partial charge on any atom is 0.225 e. The molecule has 4 rings (SSSR count). The summed E-state index contributed by atoms with van der Waals surface area (Å²) >= 11 is 0. The highest BCUT2D eigenvalue weighted by atomic mass is 19.1. The number of nitrogens with zero attached hydrogens (tertiary/aromatic N) is 4. The maximum atomic E-state index is 14.2. The zero-order valence-corrected chi connectivity index (χ0v) is 17.2. The molecule has 0 radical (unpaired) electrons. The number of carbonyl (C=O) groups excluding carboxylic acids is 1. The van der Waals surface area contributed by atoms with Crippen LogP contribution in [0.5, 0.6) is 0 Å². The van der Waals surface area contributed by atoms with E-state index in [1.165, 1.54) is 6.07 Å². The van der Waals surface area contributed by atoms with Gasteiger partial charge in [-0.15, -0.1) is 0 Å². The lowest BCUT2D eigenvalue weighted by molar-refractivity contribution is -0.133. The highest BCUT2D eigenvalue weighted by molar-refractivity contribution is 5.77. The molecule has 3 heterocycles. The quantitative estimate of drug-likeness (QED) is 0.665. The third kappa shape index (κ3) is 3.45. The maximum absolute atomic E-state index is 14.2. The largest absolute Gasteiger partial charge is 0.360 e. The summed E-state index contributed by atoms with van der Waals surface area (Å²) in [6, 6.07) is 6.46. The molecule has 0 saturated carbocycles. The number of aryl methyl sites for hydroxylation is 1. The molecule has 1 aliphatic heterocycles. The van der Waals surface area contributed by atoms with E-state index in [1.807, 2.05) is 32.4 Å². The zero-order chi connectivity index (χ0) is 20.7. The minimum absolute atomic E-state index is 0.0372. The number of hydrogen-bond donors (Lipinski definition) is 0. The molecule has 1 aliphatic rings. The second-order valence-corrected chi connectivity index (χ2v) is 7.77. The van der Waals surface area contributed by atoms with Gasteiger partial charge in [-0.3, -0.25) is 9.48 Å². The van der Waals surface area contributed by atoms with Crippen LogP contribution in [0.3, 0.4) is 0 Å². The van der Waals surface area contributed by atoms with Crippen LogP contribution in [0.25, 0.3) is 11.3 Å². The van der Waals surface area contributed by atoms with Crippen LogP contribution >= 0.6 is 0 Å². The normalized spacial score (nSPS) is 14.7. The highest BCUT2D eigenvalue weighted by Gasteiger charge is 2.29. The molecule has 0 N–H and O–H groups in total. The zero-order valence-electron chi connectivity index (χ0n) is 17.2. The van der Waals surface area contributed by atoms with Gasteiger partial charge in [0.15, 0.2) is 0 Å². The van der Waals surface area contributed by atoms with Crippen LogP contribution in [0.15, 0.2) is 28.8 Å². The molecule has 1 aromatic carbocycles. The van der Waals surface area contributed by atoms with Crippen molar-refractivity contribution in [3.05, 3.63) is 58.4 Å².